The Morgan fingerprint density at radius 3 is 2.74 bits per heavy atom. The third-order valence-corrected chi connectivity index (χ3v) is 1.72. The number of hydrogen-bond acceptors (Lipinski definition) is 8. The van der Waals surface area contributed by atoms with E-state index in [9.17, 15) is 10.1 Å². The van der Waals surface area contributed by atoms with Crippen LogP contribution in [0.1, 0.15) is 0 Å². The SMILES string of the molecule is COc1ccccc1ONN=C(N=NC#N)[N+](=O)[O-]. The summed E-state index contributed by atoms with van der Waals surface area (Å²) in [7, 11) is 1.44. The van der Waals surface area contributed by atoms with E-state index in [0.29, 0.717) is 5.75 Å². The lowest BCUT2D eigenvalue weighted by Crippen LogP contribution is -2.18. The number of rotatable bonds is 4. The van der Waals surface area contributed by atoms with Gasteiger partial charge in [-0.3, -0.25) is 0 Å². The monoisotopic (exact) mass is 264 g/mol. The maximum atomic E-state index is 10.5. The van der Waals surface area contributed by atoms with Crippen LogP contribution in [-0.4, -0.2) is 18.0 Å². The summed E-state index contributed by atoms with van der Waals surface area (Å²) in [6.45, 7) is 0. The number of guanidine groups is 1. The number of hydrazone groups is 1. The number of ether oxygens (including phenoxy) is 1. The third-order valence-electron chi connectivity index (χ3n) is 1.72. The van der Waals surface area contributed by atoms with Gasteiger partial charge in [-0.25, -0.2) is 0 Å². The van der Waals surface area contributed by atoms with Gasteiger partial charge in [0.15, 0.2) is 11.5 Å². The van der Waals surface area contributed by atoms with Crippen LogP contribution >= 0.6 is 0 Å². The van der Waals surface area contributed by atoms with Crippen LogP contribution < -0.4 is 15.2 Å². The molecule has 0 fully saturated rings. The van der Waals surface area contributed by atoms with E-state index in [4.69, 9.17) is 14.8 Å². The summed E-state index contributed by atoms with van der Waals surface area (Å²) in [4.78, 5) is 14.5. The summed E-state index contributed by atoms with van der Waals surface area (Å²) < 4.78 is 4.98. The van der Waals surface area contributed by atoms with E-state index in [1.165, 1.54) is 13.3 Å². The van der Waals surface area contributed by atoms with Crippen molar-refractivity contribution >= 4 is 5.96 Å². The summed E-state index contributed by atoms with van der Waals surface area (Å²) in [5.74, 6) is -0.239. The average molecular weight is 264 g/mol. The summed E-state index contributed by atoms with van der Waals surface area (Å²) in [6.07, 6.45) is 1.26. The molecule has 0 aliphatic rings. The van der Waals surface area contributed by atoms with Crippen LogP contribution in [0.4, 0.5) is 0 Å². The van der Waals surface area contributed by atoms with Gasteiger partial charge in [0.05, 0.1) is 17.3 Å². The Morgan fingerprint density at radius 1 is 1.47 bits per heavy atom. The van der Waals surface area contributed by atoms with Gasteiger partial charge in [-0.15, -0.1) is 0 Å². The number of nitriles is 1. The van der Waals surface area contributed by atoms with E-state index in [2.05, 4.69) is 15.3 Å². The molecule has 1 rings (SSSR count). The van der Waals surface area contributed by atoms with E-state index in [-0.39, 0.29) is 5.75 Å². The second kappa shape index (κ2) is 7.17. The fourth-order valence-electron chi connectivity index (χ4n) is 0.983. The second-order valence-electron chi connectivity index (χ2n) is 2.81. The van der Waals surface area contributed by atoms with Gasteiger partial charge >= 0.3 is 5.96 Å². The van der Waals surface area contributed by atoms with Crippen LogP contribution in [-0.2, 0) is 0 Å². The predicted octanol–water partition coefficient (Wildman–Crippen LogP) is 1.06. The highest BCUT2D eigenvalue weighted by Gasteiger charge is 2.12. The normalized spacial score (nSPS) is 10.8. The smallest absolute Gasteiger partial charge is 0.493 e. The number of benzene rings is 1. The summed E-state index contributed by atoms with van der Waals surface area (Å²) in [6, 6.07) is 6.58. The van der Waals surface area contributed by atoms with Crippen LogP contribution in [0, 0.1) is 21.6 Å². The molecule has 0 bridgehead atoms. The first-order valence-electron chi connectivity index (χ1n) is 4.75. The lowest BCUT2D eigenvalue weighted by Gasteiger charge is -2.05. The van der Waals surface area contributed by atoms with E-state index < -0.39 is 10.9 Å². The maximum Gasteiger partial charge on any atom is 0.514 e. The van der Waals surface area contributed by atoms with Gasteiger partial charge in [-0.05, 0) is 17.1 Å². The molecule has 0 saturated carbocycles. The zero-order valence-electron chi connectivity index (χ0n) is 9.68. The summed E-state index contributed by atoms with van der Waals surface area (Å²) >= 11 is 0. The molecule has 0 aromatic heterocycles. The molecule has 1 aromatic rings. The first-order valence-corrected chi connectivity index (χ1v) is 4.75. The average Bonchev–Trinajstić information content (AvgIpc) is 2.42. The zero-order chi connectivity index (χ0) is 14.1. The molecule has 0 saturated heterocycles. The second-order valence-corrected chi connectivity index (χ2v) is 2.81. The predicted molar refractivity (Wildman–Crippen MR) is 61.7 cm³/mol. The maximum absolute atomic E-state index is 10.5. The van der Waals surface area contributed by atoms with Gasteiger partial charge in [-0.2, -0.15) is 5.26 Å². The number of nitro groups is 1. The van der Waals surface area contributed by atoms with Crippen molar-refractivity contribution in [3.05, 3.63) is 34.4 Å². The Bertz CT molecular complexity index is 550. The van der Waals surface area contributed by atoms with Crippen molar-refractivity contribution < 1.29 is 14.5 Å². The molecule has 19 heavy (non-hydrogen) atoms. The Kier molecular flexibility index (Phi) is 5.23. The molecule has 0 spiro atoms. The molecule has 0 heterocycles. The molecule has 0 radical (unpaired) electrons. The minimum absolute atomic E-state index is 0.272. The molecular formula is C9H8N6O4. The third kappa shape index (κ3) is 4.27. The quantitative estimate of drug-likeness (QED) is 0.216. The highest BCUT2D eigenvalue weighted by atomic mass is 16.7. The van der Waals surface area contributed by atoms with Gasteiger partial charge in [-0.1, -0.05) is 17.7 Å². The minimum atomic E-state index is -0.931. The first kappa shape index (κ1) is 13.8. The van der Waals surface area contributed by atoms with Crippen molar-refractivity contribution in [1.29, 1.82) is 5.26 Å². The molecular weight excluding hydrogens is 256 g/mol. The number of azo groups is 1. The number of para-hydroxylation sites is 2. The summed E-state index contributed by atoms with van der Waals surface area (Å²) in [5, 5.41) is 27.5. The molecule has 0 amide bonds. The standard InChI is InChI=1S/C9H8N6O4/c1-18-7-4-2-3-5-8(7)19-14-13-9(15(16)17)12-11-6-10/h2-5,14H,1H3. The highest BCUT2D eigenvalue weighted by Crippen LogP contribution is 2.24. The number of hydrogen-bond donors (Lipinski definition) is 1. The van der Waals surface area contributed by atoms with E-state index >= 15 is 0 Å². The van der Waals surface area contributed by atoms with Crippen molar-refractivity contribution in [2.24, 2.45) is 15.3 Å². The van der Waals surface area contributed by atoms with Crippen LogP contribution in [0.3, 0.4) is 0 Å². The molecule has 0 aliphatic carbocycles. The van der Waals surface area contributed by atoms with E-state index in [1.807, 2.05) is 5.59 Å². The van der Waals surface area contributed by atoms with Crippen LogP contribution in [0.15, 0.2) is 39.6 Å². The molecule has 0 atom stereocenters. The van der Waals surface area contributed by atoms with Crippen molar-refractivity contribution in [2.75, 3.05) is 7.11 Å². The zero-order valence-corrected chi connectivity index (χ0v) is 9.68. The molecule has 1 N–H and O–H groups in total. The highest BCUT2D eigenvalue weighted by molar-refractivity contribution is 5.71. The fourth-order valence-corrected chi connectivity index (χ4v) is 0.983. The lowest BCUT2D eigenvalue weighted by molar-refractivity contribution is -0.353. The lowest BCUT2D eigenvalue weighted by atomic mass is 10.3. The number of nitrogens with one attached hydrogen (secondary N) is 1. The molecule has 0 aliphatic heterocycles. The van der Waals surface area contributed by atoms with Crippen molar-refractivity contribution in [3.8, 4) is 17.7 Å². The Labute approximate surface area is 107 Å². The fraction of sp³-hybridized carbons (Fsp3) is 0.111. The van der Waals surface area contributed by atoms with Gasteiger partial charge in [0, 0.05) is 5.11 Å². The molecule has 98 valence electrons. The Balaban J connectivity index is 2.72. The van der Waals surface area contributed by atoms with Crippen LogP contribution in [0.25, 0.3) is 0 Å². The van der Waals surface area contributed by atoms with Crippen LogP contribution in [0.2, 0.25) is 0 Å². The molecule has 0 unspecified atom stereocenters. The molecule has 1 aromatic carbocycles. The largest absolute Gasteiger partial charge is 0.514 e. The Hall–Kier alpha value is -3.22. The van der Waals surface area contributed by atoms with E-state index in [1.54, 1.807) is 24.3 Å². The number of nitrogens with zero attached hydrogens (tertiary/aromatic N) is 5. The van der Waals surface area contributed by atoms with Crippen molar-refractivity contribution in [3.63, 3.8) is 0 Å². The van der Waals surface area contributed by atoms with Crippen molar-refractivity contribution in [2.45, 2.75) is 0 Å². The van der Waals surface area contributed by atoms with Crippen molar-refractivity contribution in [1.82, 2.24) is 5.59 Å². The van der Waals surface area contributed by atoms with Gasteiger partial charge < -0.3 is 19.7 Å². The molecule has 10 heteroatoms. The Morgan fingerprint density at radius 2 is 2.16 bits per heavy atom. The van der Waals surface area contributed by atoms with Crippen LogP contribution in [0.5, 0.6) is 11.5 Å². The molecule has 10 nitrogen and oxygen atoms in total. The number of methoxy groups -OCH3 is 1. The van der Waals surface area contributed by atoms with Gasteiger partial charge in [0.1, 0.15) is 0 Å². The summed E-state index contributed by atoms with van der Waals surface area (Å²) in [5.41, 5.74) is 1.97. The minimum Gasteiger partial charge on any atom is -0.493 e. The van der Waals surface area contributed by atoms with Gasteiger partial charge in [0.25, 0.3) is 0 Å². The topological polar surface area (TPSA) is 134 Å². The van der Waals surface area contributed by atoms with Gasteiger partial charge in [0.2, 0.25) is 6.19 Å². The first-order chi connectivity index (χ1) is 9.19. The van der Waals surface area contributed by atoms with E-state index in [0.717, 1.165) is 0 Å².